The zero-order chi connectivity index (χ0) is 22.9. The van der Waals surface area contributed by atoms with Gasteiger partial charge in [-0.3, -0.25) is 0 Å². The highest BCUT2D eigenvalue weighted by Crippen LogP contribution is 2.14. The zero-order valence-corrected chi connectivity index (χ0v) is 19.1. The third kappa shape index (κ3) is 29.4. The quantitative estimate of drug-likeness (QED) is 0.195. The van der Waals surface area contributed by atoms with Gasteiger partial charge >= 0.3 is 12.1 Å². The highest BCUT2D eigenvalue weighted by molar-refractivity contribution is 5.73. The highest BCUT2D eigenvalue weighted by atomic mass is 19.4. The molecule has 30 heavy (non-hydrogen) atoms. The summed E-state index contributed by atoms with van der Waals surface area (Å²) in [6.45, 7) is 4.81. The number of halogens is 3. The van der Waals surface area contributed by atoms with Crippen LogP contribution in [-0.4, -0.2) is 37.0 Å². The maximum absolute atomic E-state index is 10.6. The number of unbranched alkanes of at least 4 members (excludes halogenated alkanes) is 15. The average molecular weight is 442 g/mol. The zero-order valence-electron chi connectivity index (χ0n) is 19.1. The molecule has 3 N–H and O–H groups in total. The minimum atomic E-state index is -5.08. The lowest BCUT2D eigenvalue weighted by Crippen LogP contribution is -2.21. The van der Waals surface area contributed by atoms with Gasteiger partial charge in [0, 0.05) is 13.2 Å². The molecule has 7 heteroatoms. The first-order chi connectivity index (χ1) is 14.4. The Kier molecular flexibility index (Phi) is 25.6. The van der Waals surface area contributed by atoms with Gasteiger partial charge in [-0.15, -0.1) is 0 Å². The number of alkyl halides is 3. The first-order valence-electron chi connectivity index (χ1n) is 11.9. The van der Waals surface area contributed by atoms with E-state index < -0.39 is 12.1 Å². The van der Waals surface area contributed by atoms with Crippen molar-refractivity contribution in [3.63, 3.8) is 0 Å². The smallest absolute Gasteiger partial charge is 0.475 e. The molecule has 0 aromatic rings. The predicted molar refractivity (Wildman–Crippen MR) is 118 cm³/mol. The van der Waals surface area contributed by atoms with Crippen LogP contribution in [0.2, 0.25) is 0 Å². The highest BCUT2D eigenvalue weighted by Gasteiger charge is 2.38. The van der Waals surface area contributed by atoms with Gasteiger partial charge in [-0.1, -0.05) is 103 Å². The van der Waals surface area contributed by atoms with Crippen molar-refractivity contribution in [3.05, 3.63) is 0 Å². The molecule has 0 saturated carbocycles. The molecule has 0 spiro atoms. The second-order valence-electron chi connectivity index (χ2n) is 7.86. The fourth-order valence-corrected chi connectivity index (χ4v) is 3.04. The summed E-state index contributed by atoms with van der Waals surface area (Å²) < 4.78 is 37.2. The standard InChI is InChI=1S/C21H45NO.C2HF3O2/c1-2-3-4-5-6-7-8-9-10-11-12-13-14-15-16-17-20-23-21-18-19-22;3-2(4,5)1(6)7/h2-22H2,1H3;(H,6,7). The van der Waals surface area contributed by atoms with Gasteiger partial charge < -0.3 is 15.6 Å². The Bertz CT molecular complexity index is 333. The number of hydrogen-bond acceptors (Lipinski definition) is 3. The molecule has 0 aromatic heterocycles. The van der Waals surface area contributed by atoms with Crippen LogP contribution in [0, 0.1) is 0 Å². The minimum absolute atomic E-state index is 0.749. The molecular weight excluding hydrogens is 395 g/mol. The summed E-state index contributed by atoms with van der Waals surface area (Å²) in [4.78, 5) is 8.90. The van der Waals surface area contributed by atoms with Crippen LogP contribution in [0.1, 0.15) is 116 Å². The van der Waals surface area contributed by atoms with Crippen molar-refractivity contribution < 1.29 is 27.8 Å². The van der Waals surface area contributed by atoms with E-state index in [1.165, 1.54) is 103 Å². The average Bonchev–Trinajstić information content (AvgIpc) is 2.69. The monoisotopic (exact) mass is 441 g/mol. The fraction of sp³-hybridized carbons (Fsp3) is 0.957. The first-order valence-corrected chi connectivity index (χ1v) is 11.9. The van der Waals surface area contributed by atoms with Crippen molar-refractivity contribution >= 4 is 5.97 Å². The summed E-state index contributed by atoms with van der Waals surface area (Å²) >= 11 is 0. The van der Waals surface area contributed by atoms with E-state index in [4.69, 9.17) is 20.4 Å². The van der Waals surface area contributed by atoms with Crippen molar-refractivity contribution in [2.75, 3.05) is 19.8 Å². The van der Waals surface area contributed by atoms with Gasteiger partial charge in [0.1, 0.15) is 0 Å². The Morgan fingerprint density at radius 1 is 0.700 bits per heavy atom. The van der Waals surface area contributed by atoms with Crippen molar-refractivity contribution in [2.45, 2.75) is 122 Å². The van der Waals surface area contributed by atoms with Crippen LogP contribution in [0.3, 0.4) is 0 Å². The van der Waals surface area contributed by atoms with Gasteiger partial charge in [0.05, 0.1) is 0 Å². The van der Waals surface area contributed by atoms with E-state index in [9.17, 15) is 13.2 Å². The van der Waals surface area contributed by atoms with Crippen LogP contribution in [0.25, 0.3) is 0 Å². The fourth-order valence-electron chi connectivity index (χ4n) is 3.04. The van der Waals surface area contributed by atoms with Gasteiger partial charge in [0.15, 0.2) is 0 Å². The van der Waals surface area contributed by atoms with Crippen molar-refractivity contribution in [3.8, 4) is 0 Å². The number of nitrogens with two attached hydrogens (primary N) is 1. The molecule has 0 bridgehead atoms. The molecule has 0 aromatic carbocycles. The van der Waals surface area contributed by atoms with Crippen molar-refractivity contribution in [1.82, 2.24) is 0 Å². The normalized spacial score (nSPS) is 11.2. The molecule has 0 unspecified atom stereocenters. The summed E-state index contributed by atoms with van der Waals surface area (Å²) in [6, 6.07) is 0. The summed E-state index contributed by atoms with van der Waals surface area (Å²) in [5.74, 6) is -2.76. The molecule has 0 radical (unpaired) electrons. The van der Waals surface area contributed by atoms with E-state index in [1.807, 2.05) is 0 Å². The number of carboxylic acid groups (broad SMARTS) is 1. The van der Waals surface area contributed by atoms with Crippen LogP contribution in [0.5, 0.6) is 0 Å². The molecule has 0 aliphatic rings. The molecule has 0 fully saturated rings. The topological polar surface area (TPSA) is 72.5 Å². The van der Waals surface area contributed by atoms with E-state index >= 15 is 0 Å². The maximum atomic E-state index is 10.6. The van der Waals surface area contributed by atoms with E-state index in [0.717, 1.165) is 26.2 Å². The lowest BCUT2D eigenvalue weighted by atomic mass is 10.0. The predicted octanol–water partition coefficient (Wildman–Crippen LogP) is 7.25. The van der Waals surface area contributed by atoms with Crippen LogP contribution >= 0.6 is 0 Å². The summed E-state index contributed by atoms with van der Waals surface area (Å²) in [5, 5.41) is 7.12. The van der Waals surface area contributed by atoms with E-state index in [0.29, 0.717) is 0 Å². The number of aliphatic carboxylic acids is 1. The van der Waals surface area contributed by atoms with E-state index in [1.54, 1.807) is 0 Å². The van der Waals surface area contributed by atoms with Gasteiger partial charge in [-0.05, 0) is 19.4 Å². The molecule has 182 valence electrons. The van der Waals surface area contributed by atoms with Gasteiger partial charge in [-0.2, -0.15) is 13.2 Å². The number of hydrogen-bond donors (Lipinski definition) is 2. The maximum Gasteiger partial charge on any atom is 0.490 e. The van der Waals surface area contributed by atoms with Crippen LogP contribution in [-0.2, 0) is 9.53 Å². The molecule has 0 heterocycles. The van der Waals surface area contributed by atoms with E-state index in [-0.39, 0.29) is 0 Å². The lowest BCUT2D eigenvalue weighted by molar-refractivity contribution is -0.192. The second-order valence-corrected chi connectivity index (χ2v) is 7.86. The molecule has 0 aliphatic carbocycles. The van der Waals surface area contributed by atoms with E-state index in [2.05, 4.69) is 6.92 Å². The Labute approximate surface area is 182 Å². The molecule has 0 saturated heterocycles. The Balaban J connectivity index is 0. The van der Waals surface area contributed by atoms with Crippen LogP contribution in [0.15, 0.2) is 0 Å². The second kappa shape index (κ2) is 24.4. The molecule has 4 nitrogen and oxygen atoms in total. The summed E-state index contributed by atoms with van der Waals surface area (Å²) in [5.41, 5.74) is 5.43. The first kappa shape index (κ1) is 31.4. The van der Waals surface area contributed by atoms with Crippen LogP contribution in [0.4, 0.5) is 13.2 Å². The van der Waals surface area contributed by atoms with Crippen molar-refractivity contribution in [2.24, 2.45) is 5.73 Å². The Hall–Kier alpha value is -0.820. The number of rotatable bonds is 20. The van der Waals surface area contributed by atoms with Gasteiger partial charge in [0.2, 0.25) is 0 Å². The number of carboxylic acids is 1. The third-order valence-electron chi connectivity index (χ3n) is 4.88. The van der Waals surface area contributed by atoms with Gasteiger partial charge in [0.25, 0.3) is 0 Å². The molecule has 0 atom stereocenters. The SMILES string of the molecule is CCCCCCCCCCCCCCCCCCOCCCN.O=C(O)C(F)(F)F. The third-order valence-corrected chi connectivity index (χ3v) is 4.88. The number of ether oxygens (including phenoxy) is 1. The summed E-state index contributed by atoms with van der Waals surface area (Å²) in [6.07, 6.45) is 18.7. The molecule has 0 amide bonds. The minimum Gasteiger partial charge on any atom is -0.475 e. The molecule has 0 rings (SSSR count). The molecule has 0 aliphatic heterocycles. The Morgan fingerprint density at radius 3 is 1.30 bits per heavy atom. The van der Waals surface area contributed by atoms with Gasteiger partial charge in [-0.25, -0.2) is 4.79 Å². The van der Waals surface area contributed by atoms with Crippen LogP contribution < -0.4 is 5.73 Å². The largest absolute Gasteiger partial charge is 0.490 e. The Morgan fingerprint density at radius 2 is 1.00 bits per heavy atom. The lowest BCUT2D eigenvalue weighted by Gasteiger charge is -2.04. The summed E-state index contributed by atoms with van der Waals surface area (Å²) in [7, 11) is 0. The van der Waals surface area contributed by atoms with Crippen molar-refractivity contribution in [1.29, 1.82) is 0 Å². The number of carbonyl (C=O) groups is 1. The molecular formula is C23H46F3NO3.